The van der Waals surface area contributed by atoms with Crippen molar-refractivity contribution in [3.63, 3.8) is 0 Å². The third-order valence-corrected chi connectivity index (χ3v) is 32.2. The summed E-state index contributed by atoms with van der Waals surface area (Å²) in [4.78, 5) is 154. The van der Waals surface area contributed by atoms with Crippen LogP contribution < -0.4 is 42.5 Å². The molecular formula is C102H140N20O12S4. The predicted molar refractivity (Wildman–Crippen MR) is 542 cm³/mol. The van der Waals surface area contributed by atoms with Crippen LogP contribution in [-0.2, 0) is 0 Å². The molecule has 744 valence electrons. The minimum Gasteiger partial charge on any atom is -0.389 e. The van der Waals surface area contributed by atoms with Gasteiger partial charge in [-0.25, -0.2) is 39.9 Å². The molecule has 138 heavy (non-hydrogen) atoms. The monoisotopic (exact) mass is 1960 g/mol. The van der Waals surface area contributed by atoms with E-state index < -0.39 is 34.2 Å². The van der Waals surface area contributed by atoms with Crippen LogP contribution in [0.3, 0.4) is 0 Å². The molecule has 32 nitrogen and oxygen atoms in total. The molecule has 8 aromatic rings. The summed E-state index contributed by atoms with van der Waals surface area (Å²) in [6, 6.07) is 10.8. The number of amides is 8. The second kappa shape index (κ2) is 41.6. The maximum atomic E-state index is 13.7. The minimum absolute atomic E-state index is 0.0876. The van der Waals surface area contributed by atoms with Gasteiger partial charge in [0, 0.05) is 146 Å². The second-order valence-electron chi connectivity index (χ2n) is 43.9. The van der Waals surface area contributed by atoms with Gasteiger partial charge in [0.1, 0.15) is 46.0 Å². The number of nitrogens with one attached hydrogen (secondary N) is 8. The van der Waals surface area contributed by atoms with Crippen LogP contribution in [-0.4, -0.2) is 248 Å². The Morgan fingerprint density at radius 3 is 0.877 bits per heavy atom. The van der Waals surface area contributed by atoms with E-state index in [0.717, 1.165) is 203 Å². The average molecular weight is 1970 g/mol. The van der Waals surface area contributed by atoms with Crippen LogP contribution in [0.1, 0.15) is 348 Å². The molecular weight excluding hydrogens is 1830 g/mol. The summed E-state index contributed by atoms with van der Waals surface area (Å²) >= 11 is 4.85. The van der Waals surface area contributed by atoms with E-state index in [1.54, 1.807) is 80.2 Å². The number of aryl methyl sites for hydroxylation is 4. The normalized spacial score (nSPS) is 21.2. The van der Waals surface area contributed by atoms with E-state index in [2.05, 4.69) is 110 Å². The van der Waals surface area contributed by atoms with Crippen LogP contribution in [0.4, 0.5) is 23.3 Å². The fourth-order valence-corrected chi connectivity index (χ4v) is 24.7. The summed E-state index contributed by atoms with van der Waals surface area (Å²) < 4.78 is 0. The molecule has 8 aliphatic heterocycles. The van der Waals surface area contributed by atoms with Crippen LogP contribution in [0.2, 0.25) is 0 Å². The van der Waals surface area contributed by atoms with Crippen LogP contribution in [0.5, 0.6) is 0 Å². The number of fused-ring (bicyclic) bond motifs is 8. The molecule has 2 aliphatic carbocycles. The van der Waals surface area contributed by atoms with Crippen molar-refractivity contribution < 1.29 is 58.8 Å². The summed E-state index contributed by atoms with van der Waals surface area (Å²) in [5.74, 6) is 1.28. The standard InChI is InChI=1S/2C26H35N5O3S.C26H37N5O3S.C24H33N5O3S/c1-15-12-19(30-26(4)10-5-11-26)27-13-18(15)21-20(24(33)31-16-6-7-17(31)9-8-16)29-23(35-21)22(32)28-14-25(2,3)34;1-15-12-20(29-16-6-4-5-7-16)27-13-19(15)22-21(25(33)31-17-8-9-18(31)11-10-17)30-24(35-22)23(32)28-14-26(2,3)34;1-15-11-19(28-13-25(2,3)4)27-12-18(15)21-20(24(33)31-16-7-8-17(31)10-9-16)30-23(35-21)22(32)29-14-26(5,6)34;1-13(2)27-18-10-14(3)17(11-25-18)20-19(23(31)29-15-6-7-16(29)9-8-15)28-22(33-20)21(30)26-12-24(4,5)32/h12-13,16-17,34H,5-11,14H2,1-4H3,(H,27,30)(H,28,32);12-13,16-18,34H,4-11,14H2,1-3H3,(H,27,29)(H,28,32);11-12,16-17,34H,7-10,13-14H2,1-6H3,(H,27,28)(H,29,32);10-11,13,15-16,32H,6-9,12H2,1-5H3,(H,25,27)(H,26,30). The number of carbonyl (C=O) groups is 8. The predicted octanol–water partition coefficient (Wildman–Crippen LogP) is 16.1. The molecule has 0 aromatic carbocycles. The Balaban J connectivity index is 0.000000140. The van der Waals surface area contributed by atoms with Gasteiger partial charge in [-0.3, -0.25) is 38.4 Å². The molecule has 0 radical (unpaired) electrons. The molecule has 36 heteroatoms. The third kappa shape index (κ3) is 24.4. The van der Waals surface area contributed by atoms with E-state index in [0.29, 0.717) is 48.3 Å². The van der Waals surface area contributed by atoms with Crippen molar-refractivity contribution in [3.8, 4) is 41.8 Å². The SMILES string of the molecule is Cc1cc(NC(C)C)ncc1-c1sc(C(=O)NCC(C)(C)O)nc1C(=O)N1C2CCC1CC2.Cc1cc(NC2(C)CCC2)ncc1-c1sc(C(=O)NCC(C)(C)O)nc1C(=O)N1C2CCC1CC2.Cc1cc(NC2CCCC2)ncc1-c1sc(C(=O)NCC(C)(C)O)nc1C(=O)N1C2CCC1CC2.Cc1cc(NCC(C)(C)C)ncc1-c1sc(C(=O)NCC(C)(C)O)nc1C(=O)N1C2CCC1CC2. The summed E-state index contributed by atoms with van der Waals surface area (Å²) in [7, 11) is 0. The fourth-order valence-electron chi connectivity index (χ4n) is 20.5. The average Bonchev–Trinajstić information content (AvgIpc) is 1.62. The number of aliphatic hydroxyl groups is 4. The first-order valence-corrected chi connectivity index (χ1v) is 52.6. The molecule has 10 fully saturated rings. The highest BCUT2D eigenvalue weighted by Crippen LogP contribution is 2.48. The highest BCUT2D eigenvalue weighted by atomic mass is 32.1. The molecule has 8 amide bonds. The topological polar surface area (TPSA) is 430 Å². The van der Waals surface area contributed by atoms with Gasteiger partial charge in [0.2, 0.25) is 0 Å². The first-order chi connectivity index (χ1) is 65.1. The van der Waals surface area contributed by atoms with Crippen molar-refractivity contribution in [1.29, 1.82) is 0 Å². The summed E-state index contributed by atoms with van der Waals surface area (Å²) in [5, 5.41) is 65.5. The first-order valence-electron chi connectivity index (χ1n) is 49.4. The molecule has 12 N–H and O–H groups in total. The van der Waals surface area contributed by atoms with Crippen molar-refractivity contribution in [1.82, 2.24) is 80.7 Å². The van der Waals surface area contributed by atoms with Crippen molar-refractivity contribution in [3.05, 3.63) is 114 Å². The van der Waals surface area contributed by atoms with E-state index in [1.807, 2.05) is 85.4 Å². The van der Waals surface area contributed by atoms with Gasteiger partial charge in [-0.2, -0.15) is 0 Å². The number of hydrogen-bond acceptors (Lipinski definition) is 28. The molecule has 0 unspecified atom stereocenters. The number of rotatable bonds is 28. The molecule has 2 saturated carbocycles. The summed E-state index contributed by atoms with van der Waals surface area (Å²) in [6.07, 6.45) is 32.0. The molecule has 0 spiro atoms. The molecule has 8 bridgehead atoms. The Hall–Kier alpha value is -10.1. The Kier molecular flexibility index (Phi) is 30.8. The van der Waals surface area contributed by atoms with E-state index in [1.165, 1.54) is 64.6 Å². The molecule has 10 aliphatic rings. The van der Waals surface area contributed by atoms with E-state index in [4.69, 9.17) is 0 Å². The maximum absolute atomic E-state index is 13.7. The first kappa shape index (κ1) is 102. The number of carbonyl (C=O) groups excluding carboxylic acids is 8. The highest BCUT2D eigenvalue weighted by molar-refractivity contribution is 7.18. The zero-order valence-corrected chi connectivity index (χ0v) is 86.5. The molecule has 16 heterocycles. The Labute approximate surface area is 826 Å². The number of thiazole rings is 4. The quantitative estimate of drug-likeness (QED) is 0.0217. The zero-order valence-electron chi connectivity index (χ0n) is 83.2. The third-order valence-electron chi connectivity index (χ3n) is 27.8. The van der Waals surface area contributed by atoms with Gasteiger partial charge in [0.05, 0.1) is 41.9 Å². The van der Waals surface area contributed by atoms with Gasteiger partial charge in [0.15, 0.2) is 20.0 Å². The molecule has 0 atom stereocenters. The van der Waals surface area contributed by atoms with Gasteiger partial charge in [0.25, 0.3) is 47.3 Å². The molecule has 18 rings (SSSR count). The number of aromatic nitrogens is 8. The maximum Gasteiger partial charge on any atom is 0.280 e. The number of nitrogens with zero attached hydrogens (tertiary/aromatic N) is 12. The van der Waals surface area contributed by atoms with Crippen molar-refractivity contribution >= 4 is 116 Å². The second-order valence-corrected chi connectivity index (χ2v) is 47.9. The van der Waals surface area contributed by atoms with Gasteiger partial charge in [-0.1, -0.05) is 33.6 Å². The van der Waals surface area contributed by atoms with Gasteiger partial charge < -0.3 is 82.6 Å². The largest absolute Gasteiger partial charge is 0.389 e. The Bertz CT molecular complexity index is 5760. The van der Waals surface area contributed by atoms with Gasteiger partial charge in [-0.05, 0) is 291 Å². The summed E-state index contributed by atoms with van der Waals surface area (Å²) in [5.41, 5.74) is 4.52. The minimum atomic E-state index is -1.04. The van der Waals surface area contributed by atoms with Crippen LogP contribution >= 0.6 is 45.3 Å². The Morgan fingerprint density at radius 2 is 0.623 bits per heavy atom. The number of hydrogen-bond donors (Lipinski definition) is 12. The Morgan fingerprint density at radius 1 is 0.370 bits per heavy atom. The van der Waals surface area contributed by atoms with Crippen molar-refractivity contribution in [2.24, 2.45) is 5.41 Å². The van der Waals surface area contributed by atoms with Crippen molar-refractivity contribution in [2.75, 3.05) is 54.0 Å². The van der Waals surface area contributed by atoms with Gasteiger partial charge in [-0.15, -0.1) is 45.3 Å². The van der Waals surface area contributed by atoms with Crippen LogP contribution in [0.15, 0.2) is 49.1 Å². The highest BCUT2D eigenvalue weighted by Gasteiger charge is 2.49. The lowest BCUT2D eigenvalue weighted by molar-refractivity contribution is 0.0691. The summed E-state index contributed by atoms with van der Waals surface area (Å²) in [6.45, 7) is 35.0. The zero-order chi connectivity index (χ0) is 99.2. The number of anilines is 4. The van der Waals surface area contributed by atoms with Crippen LogP contribution in [0, 0.1) is 33.1 Å². The lowest BCUT2D eigenvalue weighted by Gasteiger charge is -2.39. The van der Waals surface area contributed by atoms with Crippen LogP contribution in [0.25, 0.3) is 41.8 Å². The van der Waals surface area contributed by atoms with Crippen molar-refractivity contribution in [2.45, 2.75) is 361 Å². The smallest absolute Gasteiger partial charge is 0.280 e. The molecule has 8 saturated heterocycles. The molecule has 8 aromatic heterocycles. The van der Waals surface area contributed by atoms with E-state index in [-0.39, 0.29) is 147 Å². The lowest BCUT2D eigenvalue weighted by Crippen LogP contribution is -2.41. The van der Waals surface area contributed by atoms with E-state index in [9.17, 15) is 58.8 Å². The van der Waals surface area contributed by atoms with E-state index >= 15 is 0 Å². The number of pyridine rings is 4. The fraction of sp³-hybridized carbons (Fsp3) is 0.608. The van der Waals surface area contributed by atoms with Gasteiger partial charge >= 0.3 is 0 Å². The lowest BCUT2D eigenvalue weighted by atomic mass is 9.78.